The molecule has 4 atom stereocenters. The molecule has 3 unspecified atom stereocenters. The van der Waals surface area contributed by atoms with Gasteiger partial charge in [0.2, 0.25) is 5.79 Å². The number of rotatable bonds is 3. The van der Waals surface area contributed by atoms with Gasteiger partial charge in [-0.25, -0.2) is 9.18 Å². The number of hydrogen-bond donors (Lipinski definition) is 0. The summed E-state index contributed by atoms with van der Waals surface area (Å²) in [4.78, 5) is 12.5. The third-order valence-corrected chi connectivity index (χ3v) is 8.98. The summed E-state index contributed by atoms with van der Waals surface area (Å²) < 4.78 is 38.9. The van der Waals surface area contributed by atoms with E-state index in [4.69, 9.17) is 18.8 Å². The zero-order valence-electron chi connectivity index (χ0n) is 18.9. The zero-order chi connectivity index (χ0) is 22.0. The van der Waals surface area contributed by atoms with Crippen LogP contribution < -0.4 is 4.74 Å². The fourth-order valence-electron chi connectivity index (χ4n) is 6.90. The minimum absolute atomic E-state index is 0.0976. The Morgan fingerprint density at radius 1 is 1.10 bits per heavy atom. The maximum Gasteiger partial charge on any atom is 0.458 e. The lowest BCUT2D eigenvalue weighted by molar-refractivity contribution is -0.199. The standard InChI is InChI=1S/C24H30BFO5/c1-21(2)13-10-16(21)23(5)17(11-13)30-25(31-23)12-24(8-9-24)14-6-7-15(26)18-19(14)28-22(3,4)29-20(18)27/h6-7,13,16-17H,8-12H2,1-5H3/t13?,16?,17?,23-/m0/s1. The van der Waals surface area contributed by atoms with Gasteiger partial charge < -0.3 is 18.8 Å². The van der Waals surface area contributed by atoms with E-state index in [9.17, 15) is 9.18 Å². The molecule has 0 radical (unpaired) electrons. The molecule has 4 aliphatic carbocycles. The van der Waals surface area contributed by atoms with Crippen LogP contribution >= 0.6 is 0 Å². The number of ether oxygens (including phenoxy) is 2. The molecule has 6 aliphatic rings. The Bertz CT molecular complexity index is 986. The lowest BCUT2D eigenvalue weighted by Crippen LogP contribution is -2.65. The third-order valence-electron chi connectivity index (χ3n) is 8.98. The Labute approximate surface area is 183 Å². The van der Waals surface area contributed by atoms with Crippen LogP contribution in [-0.4, -0.2) is 30.6 Å². The molecule has 7 rings (SSSR count). The van der Waals surface area contributed by atoms with Gasteiger partial charge in [-0.15, -0.1) is 0 Å². The van der Waals surface area contributed by atoms with Gasteiger partial charge in [0.1, 0.15) is 17.1 Å². The SMILES string of the molecule is CC1(C)OC(=O)c2c(F)ccc(C3(CB4OC5CC6CC(C6(C)C)[C@]5(C)O4)CC3)c2O1. The molecule has 1 saturated heterocycles. The second-order valence-corrected chi connectivity index (χ2v) is 11.6. The van der Waals surface area contributed by atoms with Crippen molar-refractivity contribution in [2.45, 2.75) is 89.5 Å². The summed E-state index contributed by atoms with van der Waals surface area (Å²) in [7, 11) is -0.295. The molecule has 2 heterocycles. The van der Waals surface area contributed by atoms with Crippen molar-refractivity contribution in [3.63, 3.8) is 0 Å². The molecule has 31 heavy (non-hydrogen) atoms. The predicted molar refractivity (Wildman–Crippen MR) is 112 cm³/mol. The zero-order valence-corrected chi connectivity index (χ0v) is 18.9. The molecule has 0 spiro atoms. The highest BCUT2D eigenvalue weighted by Gasteiger charge is 2.68. The number of esters is 1. The van der Waals surface area contributed by atoms with Crippen molar-refractivity contribution < 1.29 is 28.0 Å². The van der Waals surface area contributed by atoms with E-state index in [1.54, 1.807) is 19.9 Å². The van der Waals surface area contributed by atoms with Gasteiger partial charge in [-0.1, -0.05) is 19.9 Å². The van der Waals surface area contributed by atoms with E-state index in [0.717, 1.165) is 24.8 Å². The molecule has 2 aliphatic heterocycles. The van der Waals surface area contributed by atoms with Crippen LogP contribution in [0.25, 0.3) is 0 Å². The van der Waals surface area contributed by atoms with Crippen LogP contribution in [0.2, 0.25) is 6.32 Å². The van der Waals surface area contributed by atoms with E-state index in [1.807, 2.05) is 0 Å². The average molecular weight is 428 g/mol. The molecule has 1 aromatic rings. The summed E-state index contributed by atoms with van der Waals surface area (Å²) in [6.07, 6.45) is 4.97. The van der Waals surface area contributed by atoms with Crippen LogP contribution in [0, 0.1) is 23.1 Å². The van der Waals surface area contributed by atoms with Crippen molar-refractivity contribution >= 4 is 13.1 Å². The highest BCUT2D eigenvalue weighted by atomic mass is 19.1. The number of carbonyl (C=O) groups excluding carboxylic acids is 1. The molecule has 5 fully saturated rings. The Hall–Kier alpha value is -1.60. The topological polar surface area (TPSA) is 54.0 Å². The van der Waals surface area contributed by atoms with Crippen LogP contribution in [-0.2, 0) is 19.5 Å². The second kappa shape index (κ2) is 5.85. The highest BCUT2D eigenvalue weighted by molar-refractivity contribution is 6.46. The van der Waals surface area contributed by atoms with E-state index < -0.39 is 17.6 Å². The van der Waals surface area contributed by atoms with E-state index in [2.05, 4.69) is 20.8 Å². The Kier molecular flexibility index (Phi) is 3.78. The van der Waals surface area contributed by atoms with Gasteiger partial charge in [0.05, 0.1) is 11.7 Å². The minimum atomic E-state index is -1.13. The van der Waals surface area contributed by atoms with Crippen molar-refractivity contribution in [1.82, 2.24) is 0 Å². The first-order valence-electron chi connectivity index (χ1n) is 11.5. The number of benzene rings is 1. The molecular formula is C24H30BFO5. The Balaban J connectivity index is 1.30. The predicted octanol–water partition coefficient (Wildman–Crippen LogP) is 4.87. The van der Waals surface area contributed by atoms with Gasteiger partial charge >= 0.3 is 13.1 Å². The molecular weight excluding hydrogens is 398 g/mol. The molecule has 1 aromatic carbocycles. The first kappa shape index (κ1) is 20.0. The fraction of sp³-hybridized carbons (Fsp3) is 0.708. The van der Waals surface area contributed by atoms with Gasteiger partial charge in [-0.2, -0.15) is 0 Å². The van der Waals surface area contributed by atoms with Gasteiger partial charge in [0, 0.05) is 19.4 Å². The number of hydrogen-bond acceptors (Lipinski definition) is 5. The van der Waals surface area contributed by atoms with Crippen LogP contribution in [0.15, 0.2) is 12.1 Å². The van der Waals surface area contributed by atoms with Crippen LogP contribution in [0.1, 0.15) is 76.2 Å². The average Bonchev–Trinajstić information content (AvgIpc) is 3.33. The van der Waals surface area contributed by atoms with E-state index in [-0.39, 0.29) is 29.8 Å². The summed E-state index contributed by atoms with van der Waals surface area (Å²) in [6, 6.07) is 3.12. The first-order valence-corrected chi connectivity index (χ1v) is 11.5. The maximum atomic E-state index is 14.5. The Morgan fingerprint density at radius 2 is 1.84 bits per heavy atom. The minimum Gasteiger partial charge on any atom is -0.451 e. The van der Waals surface area contributed by atoms with E-state index in [1.165, 1.54) is 12.5 Å². The highest BCUT2D eigenvalue weighted by Crippen LogP contribution is 2.66. The fourth-order valence-corrected chi connectivity index (χ4v) is 6.90. The number of halogens is 1. The van der Waals surface area contributed by atoms with Gasteiger partial charge in [-0.3, -0.25) is 0 Å². The van der Waals surface area contributed by atoms with E-state index in [0.29, 0.717) is 29.3 Å². The molecule has 5 nitrogen and oxygen atoms in total. The summed E-state index contributed by atoms with van der Waals surface area (Å²) >= 11 is 0. The first-order chi connectivity index (χ1) is 14.5. The van der Waals surface area contributed by atoms with Crippen molar-refractivity contribution in [1.29, 1.82) is 0 Å². The quantitative estimate of drug-likeness (QED) is 0.508. The normalized spacial score (nSPS) is 37.8. The molecule has 166 valence electrons. The molecule has 7 heteroatoms. The Morgan fingerprint density at radius 3 is 2.52 bits per heavy atom. The van der Waals surface area contributed by atoms with Crippen molar-refractivity contribution in [3.05, 3.63) is 29.1 Å². The van der Waals surface area contributed by atoms with Crippen molar-refractivity contribution in [3.8, 4) is 5.75 Å². The number of cyclic esters (lactones) is 1. The lowest BCUT2D eigenvalue weighted by atomic mass is 9.43. The van der Waals surface area contributed by atoms with Crippen molar-refractivity contribution in [2.75, 3.05) is 0 Å². The second-order valence-electron chi connectivity index (χ2n) is 11.6. The summed E-state index contributed by atoms with van der Waals surface area (Å²) in [5.41, 5.74) is 0.600. The van der Waals surface area contributed by atoms with Gasteiger partial charge in [0.15, 0.2) is 0 Å². The van der Waals surface area contributed by atoms with Crippen molar-refractivity contribution in [2.24, 2.45) is 17.3 Å². The van der Waals surface area contributed by atoms with E-state index >= 15 is 0 Å². The molecule has 4 saturated carbocycles. The summed E-state index contributed by atoms with van der Waals surface area (Å²) in [5, 5.41) is 0. The van der Waals surface area contributed by atoms with Crippen LogP contribution in [0.4, 0.5) is 4.39 Å². The number of fused-ring (bicyclic) bond motifs is 1. The smallest absolute Gasteiger partial charge is 0.451 e. The molecule has 0 amide bonds. The van der Waals surface area contributed by atoms with Gasteiger partial charge in [-0.05, 0) is 67.7 Å². The summed E-state index contributed by atoms with van der Waals surface area (Å²) in [5.74, 6) is -0.860. The van der Waals surface area contributed by atoms with Crippen LogP contribution in [0.5, 0.6) is 5.75 Å². The molecule has 2 bridgehead atoms. The lowest BCUT2D eigenvalue weighted by Gasteiger charge is -2.64. The van der Waals surface area contributed by atoms with Crippen LogP contribution in [0.3, 0.4) is 0 Å². The summed E-state index contributed by atoms with van der Waals surface area (Å²) in [6.45, 7) is 10.3. The largest absolute Gasteiger partial charge is 0.458 e. The number of carbonyl (C=O) groups is 1. The van der Waals surface area contributed by atoms with Gasteiger partial charge in [0.25, 0.3) is 0 Å². The third kappa shape index (κ3) is 2.65. The maximum absolute atomic E-state index is 14.5. The molecule has 0 aromatic heterocycles. The monoisotopic (exact) mass is 428 g/mol. The molecule has 0 N–H and O–H groups in total.